The zero-order valence-electron chi connectivity index (χ0n) is 11.6. The second-order valence-electron chi connectivity index (χ2n) is 4.61. The maximum Gasteiger partial charge on any atom is 0.337 e. The monoisotopic (exact) mass is 352 g/mol. The number of anilines is 1. The minimum Gasteiger partial charge on any atom is -0.467 e. The van der Waals surface area contributed by atoms with Crippen LogP contribution in [0.15, 0.2) is 47.1 Å². The number of hydrogen-bond donors (Lipinski definition) is 1. The number of pyridine rings is 1. The van der Waals surface area contributed by atoms with Gasteiger partial charge in [-0.2, -0.15) is 0 Å². The highest BCUT2D eigenvalue weighted by Crippen LogP contribution is 2.27. The van der Waals surface area contributed by atoms with Gasteiger partial charge >= 0.3 is 5.97 Å². The van der Waals surface area contributed by atoms with Gasteiger partial charge in [0.25, 0.3) is 0 Å². The van der Waals surface area contributed by atoms with Crippen molar-refractivity contribution in [3.05, 3.63) is 58.6 Å². The van der Waals surface area contributed by atoms with Gasteiger partial charge in [0.2, 0.25) is 0 Å². The molecule has 1 atom stereocenters. The lowest BCUT2D eigenvalue weighted by atomic mass is 9.96. The molecule has 0 saturated carbocycles. The first-order chi connectivity index (χ1) is 9.95. The highest BCUT2D eigenvalue weighted by molar-refractivity contribution is 9.10. The number of ether oxygens (including phenoxy) is 1. The number of halogens is 2. The summed E-state index contributed by atoms with van der Waals surface area (Å²) < 4.78 is 18.8. The van der Waals surface area contributed by atoms with Gasteiger partial charge in [0, 0.05) is 10.2 Å². The molecule has 110 valence electrons. The molecule has 4 nitrogen and oxygen atoms in total. The summed E-state index contributed by atoms with van der Waals surface area (Å²) in [5.74, 6) is -0.973. The zero-order chi connectivity index (χ0) is 15.5. The summed E-state index contributed by atoms with van der Waals surface area (Å²) in [6, 6.07) is 10.0. The van der Waals surface area contributed by atoms with Crippen LogP contribution in [0.2, 0.25) is 0 Å². The maximum absolute atomic E-state index is 13.0. The molecule has 0 aliphatic carbocycles. The fraction of sp³-hybridized carbons (Fsp3) is 0.200. The molecule has 1 heterocycles. The predicted octanol–water partition coefficient (Wildman–Crippen LogP) is 3.48. The van der Waals surface area contributed by atoms with Crippen LogP contribution in [0.25, 0.3) is 0 Å². The van der Waals surface area contributed by atoms with E-state index in [4.69, 9.17) is 4.74 Å². The number of carbonyl (C=O) groups excluding carboxylic acids is 1. The van der Waals surface area contributed by atoms with E-state index in [1.807, 2.05) is 24.3 Å². The predicted molar refractivity (Wildman–Crippen MR) is 81.3 cm³/mol. The number of aromatic nitrogens is 1. The van der Waals surface area contributed by atoms with Crippen LogP contribution in [0, 0.1) is 5.82 Å². The zero-order valence-corrected chi connectivity index (χ0v) is 13.1. The second-order valence-corrected chi connectivity index (χ2v) is 5.53. The van der Waals surface area contributed by atoms with Crippen LogP contribution in [0.3, 0.4) is 0 Å². The number of benzene rings is 1. The smallest absolute Gasteiger partial charge is 0.337 e. The van der Waals surface area contributed by atoms with Crippen LogP contribution < -0.4 is 5.32 Å². The number of esters is 1. The van der Waals surface area contributed by atoms with Gasteiger partial charge in [-0.15, -0.1) is 0 Å². The van der Waals surface area contributed by atoms with Gasteiger partial charge in [0.1, 0.15) is 5.82 Å². The Morgan fingerprint density at radius 3 is 2.48 bits per heavy atom. The Labute approximate surface area is 130 Å². The molecule has 6 heteroatoms. The number of carbonyl (C=O) groups is 1. The van der Waals surface area contributed by atoms with Crippen molar-refractivity contribution in [2.45, 2.75) is 12.5 Å². The van der Waals surface area contributed by atoms with E-state index >= 15 is 0 Å². The van der Waals surface area contributed by atoms with E-state index in [0.29, 0.717) is 5.69 Å². The lowest BCUT2D eigenvalue weighted by Crippen LogP contribution is -2.42. The third kappa shape index (κ3) is 3.39. The standard InChI is InChI=1S/C15H14BrFN2O2/c1-15(14(20)21-2,13-8-5-11(17)9-18-13)19-12-6-3-10(16)4-7-12/h3-9,19H,1-2H3. The minimum atomic E-state index is -1.21. The number of nitrogens with zero attached hydrogens (tertiary/aromatic N) is 1. The van der Waals surface area contributed by atoms with Crippen LogP contribution in [0.4, 0.5) is 10.1 Å². The number of nitrogens with one attached hydrogen (secondary N) is 1. The molecule has 0 saturated heterocycles. The molecule has 21 heavy (non-hydrogen) atoms. The van der Waals surface area contributed by atoms with Crippen molar-refractivity contribution in [1.29, 1.82) is 0 Å². The average Bonchev–Trinajstić information content (AvgIpc) is 2.49. The fourth-order valence-electron chi connectivity index (χ4n) is 1.92. The summed E-state index contributed by atoms with van der Waals surface area (Å²) in [4.78, 5) is 16.1. The van der Waals surface area contributed by atoms with E-state index in [-0.39, 0.29) is 0 Å². The lowest BCUT2D eigenvalue weighted by molar-refractivity contribution is -0.145. The molecular weight excluding hydrogens is 339 g/mol. The Balaban J connectivity index is 2.39. The molecule has 0 aliphatic heterocycles. The molecule has 0 spiro atoms. The third-order valence-corrected chi connectivity index (χ3v) is 3.60. The molecule has 1 N–H and O–H groups in total. The summed E-state index contributed by atoms with van der Waals surface area (Å²) >= 11 is 3.35. The minimum absolute atomic E-state index is 0.374. The van der Waals surface area contributed by atoms with Crippen LogP contribution >= 0.6 is 15.9 Å². The summed E-state index contributed by atoms with van der Waals surface area (Å²) in [6.45, 7) is 1.64. The summed E-state index contributed by atoms with van der Waals surface area (Å²) in [6.07, 6.45) is 1.07. The van der Waals surface area contributed by atoms with Crippen molar-refractivity contribution in [2.24, 2.45) is 0 Å². The van der Waals surface area contributed by atoms with E-state index in [1.54, 1.807) is 6.92 Å². The average molecular weight is 353 g/mol. The Hall–Kier alpha value is -1.95. The topological polar surface area (TPSA) is 51.2 Å². The molecule has 0 amide bonds. The first kappa shape index (κ1) is 15.4. The normalized spacial score (nSPS) is 13.3. The first-order valence-electron chi connectivity index (χ1n) is 6.20. The first-order valence-corrected chi connectivity index (χ1v) is 6.99. The molecule has 0 radical (unpaired) electrons. The molecule has 0 fully saturated rings. The quantitative estimate of drug-likeness (QED) is 0.855. The van der Waals surface area contributed by atoms with E-state index < -0.39 is 17.3 Å². The lowest BCUT2D eigenvalue weighted by Gasteiger charge is -2.28. The van der Waals surface area contributed by atoms with Gasteiger partial charge in [-0.1, -0.05) is 15.9 Å². The molecule has 0 aliphatic rings. The van der Waals surface area contributed by atoms with Crippen LogP contribution in [0.5, 0.6) is 0 Å². The highest BCUT2D eigenvalue weighted by Gasteiger charge is 2.38. The highest BCUT2D eigenvalue weighted by atomic mass is 79.9. The van der Waals surface area contributed by atoms with Crippen molar-refractivity contribution in [1.82, 2.24) is 4.98 Å². The van der Waals surface area contributed by atoms with Gasteiger partial charge in [0.05, 0.1) is 19.0 Å². The Morgan fingerprint density at radius 2 is 1.95 bits per heavy atom. The van der Waals surface area contributed by atoms with Crippen molar-refractivity contribution in [2.75, 3.05) is 12.4 Å². The molecule has 0 bridgehead atoms. The third-order valence-electron chi connectivity index (χ3n) is 3.07. The van der Waals surface area contributed by atoms with Gasteiger partial charge in [-0.25, -0.2) is 9.18 Å². The summed E-state index contributed by atoms with van der Waals surface area (Å²) in [5, 5.41) is 3.09. The molecule has 1 unspecified atom stereocenters. The number of rotatable bonds is 4. The van der Waals surface area contributed by atoms with Gasteiger partial charge < -0.3 is 10.1 Å². The summed E-state index contributed by atoms with van der Waals surface area (Å²) in [7, 11) is 1.30. The van der Waals surface area contributed by atoms with Crippen LogP contribution in [-0.2, 0) is 15.1 Å². The van der Waals surface area contributed by atoms with Gasteiger partial charge in [0.15, 0.2) is 5.54 Å². The van der Waals surface area contributed by atoms with Crippen molar-refractivity contribution >= 4 is 27.6 Å². The number of hydrogen-bond acceptors (Lipinski definition) is 4. The van der Waals surface area contributed by atoms with E-state index in [0.717, 1.165) is 16.4 Å². The van der Waals surface area contributed by atoms with Crippen molar-refractivity contribution in [3.8, 4) is 0 Å². The number of methoxy groups -OCH3 is 1. The Morgan fingerprint density at radius 1 is 1.29 bits per heavy atom. The fourth-order valence-corrected chi connectivity index (χ4v) is 2.18. The molecular formula is C15H14BrFN2O2. The maximum atomic E-state index is 13.0. The molecule has 2 aromatic rings. The molecule has 1 aromatic heterocycles. The van der Waals surface area contributed by atoms with Crippen molar-refractivity contribution in [3.63, 3.8) is 0 Å². The van der Waals surface area contributed by atoms with Gasteiger partial charge in [-0.3, -0.25) is 4.98 Å². The summed E-state index contributed by atoms with van der Waals surface area (Å²) in [5.41, 5.74) is -0.119. The van der Waals surface area contributed by atoms with E-state index in [2.05, 4.69) is 26.2 Å². The van der Waals surface area contributed by atoms with Crippen LogP contribution in [-0.4, -0.2) is 18.1 Å². The Bertz CT molecular complexity index is 631. The SMILES string of the molecule is COC(=O)C(C)(Nc1ccc(Br)cc1)c1ccc(F)cn1. The second kappa shape index (κ2) is 6.22. The van der Waals surface area contributed by atoms with Crippen molar-refractivity contribution < 1.29 is 13.9 Å². The molecule has 2 rings (SSSR count). The van der Waals surface area contributed by atoms with Gasteiger partial charge in [-0.05, 0) is 43.3 Å². The van der Waals surface area contributed by atoms with Crippen LogP contribution in [0.1, 0.15) is 12.6 Å². The van der Waals surface area contributed by atoms with E-state index in [9.17, 15) is 9.18 Å². The van der Waals surface area contributed by atoms with E-state index in [1.165, 1.54) is 19.2 Å². The molecule has 1 aromatic carbocycles. The largest absolute Gasteiger partial charge is 0.467 e. The Kier molecular flexibility index (Phi) is 4.57.